The van der Waals surface area contributed by atoms with Crippen LogP contribution in [0.15, 0.2) is 78.1 Å². The first kappa shape index (κ1) is 24.3. The van der Waals surface area contributed by atoms with Crippen LogP contribution in [0, 0.1) is 11.8 Å². The lowest BCUT2D eigenvalue weighted by atomic mass is 9.84. The largest absolute Gasteiger partial charge is 0.381 e. The lowest BCUT2D eigenvalue weighted by molar-refractivity contribution is 0.233. The Labute approximate surface area is 201 Å². The number of hydrogen-bond donors (Lipinski definition) is 1. The van der Waals surface area contributed by atoms with Crippen molar-refractivity contribution in [2.24, 2.45) is 11.8 Å². The van der Waals surface area contributed by atoms with E-state index < -0.39 is 0 Å². The molecule has 3 rings (SSSR count). The van der Waals surface area contributed by atoms with Gasteiger partial charge in [-0.1, -0.05) is 72.7 Å². The normalized spacial score (nSPS) is 19.3. The third-order valence-corrected chi connectivity index (χ3v) is 6.12. The first-order valence-electron chi connectivity index (χ1n) is 10.9. The maximum atomic E-state index is 6.32. The minimum Gasteiger partial charge on any atom is -0.381 e. The van der Waals surface area contributed by atoms with E-state index in [-0.39, 0.29) is 0 Å². The molecule has 0 amide bonds. The van der Waals surface area contributed by atoms with E-state index in [1.165, 1.54) is 11.1 Å². The minimum atomic E-state index is 0.325. The molecule has 1 N–H and O–H groups in total. The monoisotopic (exact) mass is 468 g/mol. The topological polar surface area (TPSA) is 37.9 Å². The summed E-state index contributed by atoms with van der Waals surface area (Å²) in [6.07, 6.45) is 21.4. The van der Waals surface area contributed by atoms with Gasteiger partial charge in [-0.15, -0.1) is 0 Å². The molecule has 1 heterocycles. The molecule has 1 aliphatic carbocycles. The van der Waals surface area contributed by atoms with Crippen molar-refractivity contribution in [3.05, 3.63) is 93.9 Å². The highest BCUT2D eigenvalue weighted by Gasteiger charge is 2.16. The minimum absolute atomic E-state index is 0.325. The molecule has 0 fully saturated rings. The first-order chi connectivity index (χ1) is 15.5. The van der Waals surface area contributed by atoms with Crippen LogP contribution in [0.4, 0.5) is 0 Å². The molecule has 0 saturated heterocycles. The maximum Gasteiger partial charge on any atom is 0.130 e. The molecule has 0 spiro atoms. The highest BCUT2D eigenvalue weighted by atomic mass is 35.5. The SMILES string of the molecule is C/C=C(\CC/C=C\COC)C1=CC(C)C(/C=C/c2ncc(-c3ccc(Cl)cc3Cl)[nH]2)C=C1. The summed E-state index contributed by atoms with van der Waals surface area (Å²) in [6.45, 7) is 5.04. The molecule has 1 aromatic carbocycles. The number of rotatable bonds is 9. The van der Waals surface area contributed by atoms with E-state index >= 15 is 0 Å². The van der Waals surface area contributed by atoms with Gasteiger partial charge in [0.15, 0.2) is 0 Å². The molecule has 3 nitrogen and oxygen atoms in total. The van der Waals surface area contributed by atoms with Gasteiger partial charge in [0.05, 0.1) is 23.5 Å². The molecule has 1 aromatic heterocycles. The van der Waals surface area contributed by atoms with Crippen LogP contribution in [0.3, 0.4) is 0 Å². The summed E-state index contributed by atoms with van der Waals surface area (Å²) in [4.78, 5) is 7.81. The van der Waals surface area contributed by atoms with E-state index in [0.717, 1.165) is 29.9 Å². The van der Waals surface area contributed by atoms with Gasteiger partial charge in [-0.25, -0.2) is 4.98 Å². The fourth-order valence-corrected chi connectivity index (χ4v) is 4.25. The van der Waals surface area contributed by atoms with Crippen molar-refractivity contribution in [3.8, 4) is 11.3 Å². The molecular weight excluding hydrogens is 439 g/mol. The zero-order valence-electron chi connectivity index (χ0n) is 18.8. The van der Waals surface area contributed by atoms with Crippen LogP contribution in [0.1, 0.15) is 32.5 Å². The molecule has 2 atom stereocenters. The Morgan fingerprint density at radius 2 is 2.09 bits per heavy atom. The average Bonchev–Trinajstić information content (AvgIpc) is 3.24. The van der Waals surface area contributed by atoms with Crippen LogP contribution in [-0.2, 0) is 4.74 Å². The quantitative estimate of drug-likeness (QED) is 0.377. The number of ether oxygens (including phenoxy) is 1. The Morgan fingerprint density at radius 1 is 1.25 bits per heavy atom. The van der Waals surface area contributed by atoms with Gasteiger partial charge in [-0.2, -0.15) is 0 Å². The second kappa shape index (κ2) is 12.1. The van der Waals surface area contributed by atoms with E-state index in [4.69, 9.17) is 27.9 Å². The van der Waals surface area contributed by atoms with Crippen LogP contribution < -0.4 is 0 Å². The Bertz CT molecular complexity index is 1060. The van der Waals surface area contributed by atoms with Gasteiger partial charge in [0.1, 0.15) is 5.82 Å². The van der Waals surface area contributed by atoms with E-state index in [9.17, 15) is 0 Å². The number of benzene rings is 1. The van der Waals surface area contributed by atoms with Crippen molar-refractivity contribution in [2.45, 2.75) is 26.7 Å². The summed E-state index contributed by atoms with van der Waals surface area (Å²) in [5, 5.41) is 1.22. The number of nitrogens with one attached hydrogen (secondary N) is 1. The molecule has 1 aliphatic rings. The highest BCUT2D eigenvalue weighted by molar-refractivity contribution is 6.36. The Hall–Kier alpha value is -2.33. The number of imidazole rings is 1. The summed E-state index contributed by atoms with van der Waals surface area (Å²) in [7, 11) is 1.71. The number of halogens is 2. The molecule has 2 aromatic rings. The predicted molar refractivity (Wildman–Crippen MR) is 137 cm³/mol. The van der Waals surface area contributed by atoms with Crippen molar-refractivity contribution >= 4 is 29.3 Å². The Balaban J connectivity index is 1.62. The third-order valence-electron chi connectivity index (χ3n) is 5.57. The molecule has 32 heavy (non-hydrogen) atoms. The van der Waals surface area contributed by atoms with Crippen molar-refractivity contribution in [1.82, 2.24) is 9.97 Å². The number of methoxy groups -OCH3 is 1. The van der Waals surface area contributed by atoms with Crippen LogP contribution in [0.2, 0.25) is 10.0 Å². The van der Waals surface area contributed by atoms with Gasteiger partial charge >= 0.3 is 0 Å². The van der Waals surface area contributed by atoms with Gasteiger partial charge in [0.25, 0.3) is 0 Å². The van der Waals surface area contributed by atoms with Crippen LogP contribution in [0.5, 0.6) is 0 Å². The van der Waals surface area contributed by atoms with Crippen molar-refractivity contribution in [2.75, 3.05) is 13.7 Å². The molecule has 0 saturated carbocycles. The number of hydrogen-bond acceptors (Lipinski definition) is 2. The van der Waals surface area contributed by atoms with E-state index in [0.29, 0.717) is 28.5 Å². The summed E-state index contributed by atoms with van der Waals surface area (Å²) in [5.74, 6) is 1.54. The van der Waals surface area contributed by atoms with Gasteiger partial charge in [-0.05, 0) is 61.1 Å². The second-order valence-electron chi connectivity index (χ2n) is 7.86. The summed E-state index contributed by atoms with van der Waals surface area (Å²) < 4.78 is 5.06. The summed E-state index contributed by atoms with van der Waals surface area (Å²) in [5.41, 5.74) is 4.46. The molecule has 5 heteroatoms. The lowest BCUT2D eigenvalue weighted by Gasteiger charge is -2.21. The van der Waals surface area contributed by atoms with Gasteiger partial charge in [0, 0.05) is 23.6 Å². The summed E-state index contributed by atoms with van der Waals surface area (Å²) >= 11 is 12.3. The first-order valence-corrected chi connectivity index (χ1v) is 11.7. The number of aromatic amines is 1. The number of aromatic nitrogens is 2. The molecular formula is C27H30Cl2N2O. The van der Waals surface area contributed by atoms with Crippen molar-refractivity contribution in [1.29, 1.82) is 0 Å². The van der Waals surface area contributed by atoms with Crippen LogP contribution in [0.25, 0.3) is 17.3 Å². The van der Waals surface area contributed by atoms with Gasteiger partial charge in [0.2, 0.25) is 0 Å². The fourth-order valence-electron chi connectivity index (χ4n) is 3.74. The van der Waals surface area contributed by atoms with E-state index in [1.54, 1.807) is 19.4 Å². The number of H-pyrrole nitrogens is 1. The number of allylic oxidation sites excluding steroid dienone is 8. The average molecular weight is 469 g/mol. The zero-order chi connectivity index (χ0) is 22.9. The number of nitrogens with zero attached hydrogens (tertiary/aromatic N) is 1. The summed E-state index contributed by atoms with van der Waals surface area (Å²) in [6, 6.07) is 5.46. The fraction of sp³-hybridized carbons (Fsp3) is 0.296. The van der Waals surface area contributed by atoms with Crippen LogP contribution in [-0.4, -0.2) is 23.7 Å². The Kier molecular flexibility index (Phi) is 9.16. The molecule has 0 bridgehead atoms. The predicted octanol–water partition coefficient (Wildman–Crippen LogP) is 8.07. The molecule has 168 valence electrons. The van der Waals surface area contributed by atoms with Crippen molar-refractivity contribution < 1.29 is 4.74 Å². The third kappa shape index (κ3) is 6.59. The van der Waals surface area contributed by atoms with Gasteiger partial charge in [-0.3, -0.25) is 0 Å². The van der Waals surface area contributed by atoms with E-state index in [2.05, 4.69) is 66.3 Å². The van der Waals surface area contributed by atoms with Crippen molar-refractivity contribution in [3.63, 3.8) is 0 Å². The van der Waals surface area contributed by atoms with Gasteiger partial charge < -0.3 is 9.72 Å². The van der Waals surface area contributed by atoms with Crippen LogP contribution >= 0.6 is 23.2 Å². The van der Waals surface area contributed by atoms with E-state index in [1.807, 2.05) is 18.2 Å². The second-order valence-corrected chi connectivity index (χ2v) is 8.71. The molecule has 0 radical (unpaired) electrons. The molecule has 2 unspecified atom stereocenters. The smallest absolute Gasteiger partial charge is 0.130 e. The zero-order valence-corrected chi connectivity index (χ0v) is 20.3. The highest BCUT2D eigenvalue weighted by Crippen LogP contribution is 2.31. The molecule has 0 aliphatic heterocycles. The maximum absolute atomic E-state index is 6.32. The lowest BCUT2D eigenvalue weighted by Crippen LogP contribution is -2.09. The Morgan fingerprint density at radius 3 is 2.81 bits per heavy atom. The standard InChI is InChI=1S/C27H30Cl2N2O/c1-4-20(8-6-5-7-15-32-3)22-10-9-21(19(2)16-22)11-14-27-30-18-26(31-27)24-13-12-23(28)17-25(24)29/h4-5,7,9-14,16-19,21H,6,8,15H2,1-3H3,(H,30,31)/b7-5-,14-11+,20-4+.